The van der Waals surface area contributed by atoms with E-state index >= 15 is 0 Å². The number of hydrogen-bond acceptors (Lipinski definition) is 5. The molecule has 0 saturated carbocycles. The summed E-state index contributed by atoms with van der Waals surface area (Å²) >= 11 is 0. The molecule has 16 heavy (non-hydrogen) atoms. The summed E-state index contributed by atoms with van der Waals surface area (Å²) in [4.78, 5) is 4.20. The maximum atomic E-state index is 5.62. The van der Waals surface area contributed by atoms with Gasteiger partial charge in [-0.1, -0.05) is 5.16 Å². The number of nitrogens with one attached hydrogen (secondary N) is 1. The highest BCUT2D eigenvalue weighted by Gasteiger charge is 2.03. The lowest BCUT2D eigenvalue weighted by Gasteiger charge is -2.06. The first-order valence-corrected chi connectivity index (χ1v) is 5.03. The van der Waals surface area contributed by atoms with Gasteiger partial charge in [-0.25, -0.2) is 4.98 Å². The summed E-state index contributed by atoms with van der Waals surface area (Å²) in [5.41, 5.74) is 8.17. The lowest BCUT2D eigenvalue weighted by Crippen LogP contribution is -2.03. The third-order valence-electron chi connectivity index (χ3n) is 2.21. The minimum absolute atomic E-state index is 0.568. The summed E-state index contributed by atoms with van der Waals surface area (Å²) in [7, 11) is 0. The first-order valence-electron chi connectivity index (χ1n) is 5.03. The number of nitrogens with zero attached hydrogens (tertiary/aromatic N) is 2. The van der Waals surface area contributed by atoms with Gasteiger partial charge in [-0.2, -0.15) is 0 Å². The van der Waals surface area contributed by atoms with Crippen LogP contribution < -0.4 is 11.1 Å². The Kier molecular flexibility index (Phi) is 2.76. The number of pyridine rings is 1. The average Bonchev–Trinajstić information content (AvgIpc) is 2.63. The highest BCUT2D eigenvalue weighted by atomic mass is 16.5. The summed E-state index contributed by atoms with van der Waals surface area (Å²) < 4.78 is 5.08. The highest BCUT2D eigenvalue weighted by molar-refractivity contribution is 5.50. The van der Waals surface area contributed by atoms with Crippen LogP contribution in [-0.4, -0.2) is 10.1 Å². The Hall–Kier alpha value is -2.04. The van der Waals surface area contributed by atoms with Gasteiger partial charge in [-0.15, -0.1) is 0 Å². The van der Waals surface area contributed by atoms with Crippen molar-refractivity contribution in [2.45, 2.75) is 20.4 Å². The third kappa shape index (κ3) is 2.31. The van der Waals surface area contributed by atoms with E-state index in [0.29, 0.717) is 12.2 Å². The quantitative estimate of drug-likeness (QED) is 0.822. The predicted octanol–water partition coefficient (Wildman–Crippen LogP) is 1.88. The monoisotopic (exact) mass is 218 g/mol. The molecule has 0 amide bonds. The maximum Gasteiger partial charge on any atom is 0.156 e. The van der Waals surface area contributed by atoms with Crippen molar-refractivity contribution < 1.29 is 4.52 Å². The lowest BCUT2D eigenvalue weighted by molar-refractivity contribution is 0.384. The van der Waals surface area contributed by atoms with Crippen LogP contribution in [0.4, 0.5) is 11.5 Å². The second kappa shape index (κ2) is 4.22. The number of aromatic nitrogens is 2. The summed E-state index contributed by atoms with van der Waals surface area (Å²) in [6.45, 7) is 4.41. The van der Waals surface area contributed by atoms with Crippen molar-refractivity contribution in [3.8, 4) is 0 Å². The molecule has 5 nitrogen and oxygen atoms in total. The SMILES string of the molecule is Cc1cc(CNc2ncc(N)cc2C)on1. The van der Waals surface area contributed by atoms with Crippen molar-refractivity contribution in [2.24, 2.45) is 0 Å². The van der Waals surface area contributed by atoms with Gasteiger partial charge in [0.25, 0.3) is 0 Å². The van der Waals surface area contributed by atoms with Crippen molar-refractivity contribution >= 4 is 11.5 Å². The van der Waals surface area contributed by atoms with E-state index in [4.69, 9.17) is 10.3 Å². The van der Waals surface area contributed by atoms with Crippen LogP contribution in [0.2, 0.25) is 0 Å². The van der Waals surface area contributed by atoms with E-state index in [-0.39, 0.29) is 0 Å². The molecule has 0 unspecified atom stereocenters. The molecule has 5 heteroatoms. The van der Waals surface area contributed by atoms with Gasteiger partial charge in [-0.3, -0.25) is 0 Å². The Balaban J connectivity index is 2.04. The van der Waals surface area contributed by atoms with Gasteiger partial charge < -0.3 is 15.6 Å². The van der Waals surface area contributed by atoms with Gasteiger partial charge in [0.2, 0.25) is 0 Å². The normalized spacial score (nSPS) is 10.4. The van der Waals surface area contributed by atoms with E-state index in [1.807, 2.05) is 26.0 Å². The zero-order chi connectivity index (χ0) is 11.5. The molecule has 0 aromatic carbocycles. The van der Waals surface area contributed by atoms with Gasteiger partial charge in [0, 0.05) is 6.07 Å². The van der Waals surface area contributed by atoms with E-state index in [1.165, 1.54) is 0 Å². The largest absolute Gasteiger partial charge is 0.397 e. The molecule has 0 aliphatic carbocycles. The molecular formula is C11H14N4O. The Morgan fingerprint density at radius 2 is 2.19 bits per heavy atom. The number of anilines is 2. The molecule has 0 aliphatic rings. The van der Waals surface area contributed by atoms with Crippen LogP contribution in [0.15, 0.2) is 22.9 Å². The van der Waals surface area contributed by atoms with Crippen LogP contribution in [0.1, 0.15) is 17.0 Å². The van der Waals surface area contributed by atoms with Crippen molar-refractivity contribution in [3.63, 3.8) is 0 Å². The van der Waals surface area contributed by atoms with Gasteiger partial charge in [0.1, 0.15) is 5.82 Å². The van der Waals surface area contributed by atoms with Crippen LogP contribution in [0.5, 0.6) is 0 Å². The molecule has 2 aromatic rings. The summed E-state index contributed by atoms with van der Waals surface area (Å²) in [6.07, 6.45) is 1.63. The van der Waals surface area contributed by atoms with Crippen molar-refractivity contribution in [1.29, 1.82) is 0 Å². The number of hydrogen-bond donors (Lipinski definition) is 2. The van der Waals surface area contributed by atoms with E-state index < -0.39 is 0 Å². The van der Waals surface area contributed by atoms with Gasteiger partial charge in [-0.05, 0) is 25.5 Å². The minimum Gasteiger partial charge on any atom is -0.397 e. The van der Waals surface area contributed by atoms with Crippen molar-refractivity contribution in [2.75, 3.05) is 11.1 Å². The van der Waals surface area contributed by atoms with Crippen LogP contribution in [0.25, 0.3) is 0 Å². The predicted molar refractivity (Wildman–Crippen MR) is 62.0 cm³/mol. The van der Waals surface area contributed by atoms with Crippen LogP contribution in [0.3, 0.4) is 0 Å². The second-order valence-electron chi connectivity index (χ2n) is 3.72. The molecule has 0 atom stereocenters. The number of rotatable bonds is 3. The third-order valence-corrected chi connectivity index (χ3v) is 2.21. The number of nitrogen functional groups attached to an aromatic ring is 1. The van der Waals surface area contributed by atoms with Gasteiger partial charge in [0.15, 0.2) is 5.76 Å². The fourth-order valence-corrected chi connectivity index (χ4v) is 1.45. The molecule has 84 valence electrons. The number of nitrogens with two attached hydrogens (primary N) is 1. The maximum absolute atomic E-state index is 5.62. The zero-order valence-corrected chi connectivity index (χ0v) is 9.32. The highest BCUT2D eigenvalue weighted by Crippen LogP contribution is 2.15. The Labute approximate surface area is 93.7 Å². The first kappa shape index (κ1) is 10.5. The molecule has 0 fully saturated rings. The Morgan fingerprint density at radius 1 is 1.38 bits per heavy atom. The summed E-state index contributed by atoms with van der Waals surface area (Å²) in [5.74, 6) is 1.60. The molecule has 0 radical (unpaired) electrons. The fraction of sp³-hybridized carbons (Fsp3) is 0.273. The minimum atomic E-state index is 0.568. The van der Waals surface area contributed by atoms with Crippen LogP contribution in [0, 0.1) is 13.8 Å². The van der Waals surface area contributed by atoms with Gasteiger partial charge in [0.05, 0.1) is 24.1 Å². The molecule has 2 heterocycles. The second-order valence-corrected chi connectivity index (χ2v) is 3.72. The zero-order valence-electron chi connectivity index (χ0n) is 9.32. The van der Waals surface area contributed by atoms with Crippen molar-refractivity contribution in [1.82, 2.24) is 10.1 Å². The lowest BCUT2D eigenvalue weighted by atomic mass is 10.2. The molecule has 0 saturated heterocycles. The first-order chi connectivity index (χ1) is 7.65. The van der Waals surface area contributed by atoms with Crippen LogP contribution in [-0.2, 0) is 6.54 Å². The van der Waals surface area contributed by atoms with E-state index in [1.54, 1.807) is 6.20 Å². The molecule has 3 N–H and O–H groups in total. The smallest absolute Gasteiger partial charge is 0.156 e. The number of aryl methyl sites for hydroxylation is 2. The van der Waals surface area contributed by atoms with Crippen molar-refractivity contribution in [3.05, 3.63) is 35.3 Å². The fourth-order valence-electron chi connectivity index (χ4n) is 1.45. The topological polar surface area (TPSA) is 77.0 Å². The summed E-state index contributed by atoms with van der Waals surface area (Å²) in [5, 5.41) is 6.98. The summed E-state index contributed by atoms with van der Waals surface area (Å²) in [6, 6.07) is 3.76. The molecular weight excluding hydrogens is 204 g/mol. The van der Waals surface area contributed by atoms with E-state index in [9.17, 15) is 0 Å². The van der Waals surface area contributed by atoms with Gasteiger partial charge >= 0.3 is 0 Å². The standard InChI is InChI=1S/C11H14N4O/c1-7-3-9(12)5-13-11(7)14-6-10-4-8(2)15-16-10/h3-5H,6,12H2,1-2H3,(H,13,14). The Morgan fingerprint density at radius 3 is 2.81 bits per heavy atom. The molecule has 0 spiro atoms. The van der Waals surface area contributed by atoms with E-state index in [0.717, 1.165) is 22.8 Å². The Bertz CT molecular complexity index is 492. The molecule has 2 rings (SSSR count). The molecule has 0 aliphatic heterocycles. The molecule has 0 bridgehead atoms. The average molecular weight is 218 g/mol. The van der Waals surface area contributed by atoms with E-state index in [2.05, 4.69) is 15.5 Å². The van der Waals surface area contributed by atoms with Crippen LogP contribution >= 0.6 is 0 Å². The molecule has 2 aromatic heterocycles.